The molecule has 144 valence electrons. The number of carbonyl (C=O) groups is 4. The Morgan fingerprint density at radius 3 is 1.39 bits per heavy atom. The molecule has 2 aromatic rings. The largest absolute Gasteiger partial charge is 0.478 e. The van der Waals surface area contributed by atoms with Crippen LogP contribution in [0, 0.1) is 0 Å². The van der Waals surface area contributed by atoms with Crippen molar-refractivity contribution in [3.63, 3.8) is 0 Å². The van der Waals surface area contributed by atoms with Gasteiger partial charge in [0.15, 0.2) is 0 Å². The molecule has 0 radical (unpaired) electrons. The molecule has 0 saturated heterocycles. The fourth-order valence-electron chi connectivity index (χ4n) is 2.47. The predicted molar refractivity (Wildman–Crippen MR) is 104 cm³/mol. The summed E-state index contributed by atoms with van der Waals surface area (Å²) in [5.74, 6) is -3.57. The van der Waals surface area contributed by atoms with Crippen LogP contribution in [0.25, 0.3) is 10.8 Å². The summed E-state index contributed by atoms with van der Waals surface area (Å²) in [6.45, 7) is 2.77. The van der Waals surface area contributed by atoms with Crippen LogP contribution in [0.5, 0.6) is 0 Å². The minimum atomic E-state index is -1.22. The zero-order valence-electron chi connectivity index (χ0n) is 15.1. The SMILES string of the molecule is C/C(=C/C(=O)O)C(=O)Nc1cccc2c(NC(=O)/C(C)=C/C(=O)O)cccc12. The Labute approximate surface area is 160 Å². The van der Waals surface area contributed by atoms with Gasteiger partial charge in [0.25, 0.3) is 11.8 Å². The van der Waals surface area contributed by atoms with Gasteiger partial charge >= 0.3 is 11.9 Å². The molecular formula is C20H18N2O6. The third-order valence-corrected chi connectivity index (χ3v) is 3.81. The smallest absolute Gasteiger partial charge is 0.328 e. The van der Waals surface area contributed by atoms with Gasteiger partial charge < -0.3 is 20.8 Å². The van der Waals surface area contributed by atoms with Gasteiger partial charge in [0.1, 0.15) is 0 Å². The zero-order chi connectivity index (χ0) is 20.8. The summed E-state index contributed by atoms with van der Waals surface area (Å²) >= 11 is 0. The maximum absolute atomic E-state index is 12.2. The molecule has 8 heteroatoms. The number of carboxylic acids is 2. The molecule has 2 rings (SSSR count). The Morgan fingerprint density at radius 2 is 1.07 bits per heavy atom. The highest BCUT2D eigenvalue weighted by atomic mass is 16.4. The van der Waals surface area contributed by atoms with E-state index in [0.717, 1.165) is 12.2 Å². The van der Waals surface area contributed by atoms with Crippen molar-refractivity contribution < 1.29 is 29.4 Å². The highest BCUT2D eigenvalue weighted by Gasteiger charge is 2.12. The van der Waals surface area contributed by atoms with Crippen LogP contribution in [0.3, 0.4) is 0 Å². The predicted octanol–water partition coefficient (Wildman–Crippen LogP) is 2.78. The monoisotopic (exact) mass is 382 g/mol. The number of benzene rings is 2. The van der Waals surface area contributed by atoms with E-state index >= 15 is 0 Å². The van der Waals surface area contributed by atoms with E-state index in [1.165, 1.54) is 13.8 Å². The minimum Gasteiger partial charge on any atom is -0.478 e. The van der Waals surface area contributed by atoms with Crippen LogP contribution in [0.1, 0.15) is 13.8 Å². The van der Waals surface area contributed by atoms with Gasteiger partial charge in [0.2, 0.25) is 0 Å². The van der Waals surface area contributed by atoms with Crippen LogP contribution in [-0.2, 0) is 19.2 Å². The van der Waals surface area contributed by atoms with Gasteiger partial charge in [-0.15, -0.1) is 0 Å². The summed E-state index contributed by atoms with van der Waals surface area (Å²) < 4.78 is 0. The molecule has 0 aliphatic rings. The Hall–Kier alpha value is -3.94. The number of hydrogen-bond donors (Lipinski definition) is 4. The molecule has 0 aromatic heterocycles. The van der Waals surface area contributed by atoms with Gasteiger partial charge in [-0.3, -0.25) is 9.59 Å². The quantitative estimate of drug-likeness (QED) is 0.568. The standard InChI is InChI=1S/C20H18N2O6/c1-11(9-17(23)24)19(27)21-15-7-3-6-14-13(15)5-4-8-16(14)22-20(28)12(2)10-18(25)26/h3-10H,1-2H3,(H,21,27)(H,22,28)(H,23,24)(H,25,26)/b11-9-,12-10+. The van der Waals surface area contributed by atoms with Crippen LogP contribution in [0.4, 0.5) is 11.4 Å². The molecule has 0 unspecified atom stereocenters. The van der Waals surface area contributed by atoms with Gasteiger partial charge in [-0.2, -0.15) is 0 Å². The summed E-state index contributed by atoms with van der Waals surface area (Å²) in [5.41, 5.74) is 0.941. The van der Waals surface area contributed by atoms with Crippen molar-refractivity contribution in [1.29, 1.82) is 0 Å². The lowest BCUT2D eigenvalue weighted by atomic mass is 10.1. The Bertz CT molecular complexity index is 953. The second kappa shape index (κ2) is 8.63. The molecule has 28 heavy (non-hydrogen) atoms. The molecule has 0 saturated carbocycles. The second-order valence-electron chi connectivity index (χ2n) is 5.95. The normalized spacial score (nSPS) is 11.8. The Kier molecular flexibility index (Phi) is 6.28. The van der Waals surface area contributed by atoms with Crippen LogP contribution in [0.15, 0.2) is 59.7 Å². The zero-order valence-corrected chi connectivity index (χ0v) is 15.1. The van der Waals surface area contributed by atoms with E-state index in [9.17, 15) is 19.2 Å². The highest BCUT2D eigenvalue weighted by molar-refractivity contribution is 6.14. The summed E-state index contributed by atoms with van der Waals surface area (Å²) in [5, 5.41) is 24.0. The van der Waals surface area contributed by atoms with Crippen molar-refractivity contribution >= 4 is 45.9 Å². The van der Waals surface area contributed by atoms with Gasteiger partial charge in [-0.1, -0.05) is 24.3 Å². The molecule has 0 heterocycles. The van der Waals surface area contributed by atoms with Crippen molar-refractivity contribution in [1.82, 2.24) is 0 Å². The first kappa shape index (κ1) is 20.4. The number of carbonyl (C=O) groups excluding carboxylic acids is 2. The van der Waals surface area contributed by atoms with E-state index in [1.807, 2.05) is 0 Å². The molecule has 0 fully saturated rings. The van der Waals surface area contributed by atoms with Gasteiger partial charge in [0, 0.05) is 45.4 Å². The van der Waals surface area contributed by atoms with Gasteiger partial charge in [-0.25, -0.2) is 9.59 Å². The average Bonchev–Trinajstić information content (AvgIpc) is 2.61. The molecule has 0 spiro atoms. The van der Waals surface area contributed by atoms with E-state index in [0.29, 0.717) is 22.1 Å². The van der Waals surface area contributed by atoms with Crippen LogP contribution < -0.4 is 10.6 Å². The number of rotatable bonds is 6. The lowest BCUT2D eigenvalue weighted by molar-refractivity contribution is -0.132. The van der Waals surface area contributed by atoms with E-state index in [-0.39, 0.29) is 11.1 Å². The fourth-order valence-corrected chi connectivity index (χ4v) is 2.47. The lowest BCUT2D eigenvalue weighted by Crippen LogP contribution is -2.15. The van der Waals surface area contributed by atoms with E-state index in [1.54, 1.807) is 36.4 Å². The van der Waals surface area contributed by atoms with Crippen molar-refractivity contribution in [2.75, 3.05) is 10.6 Å². The molecule has 0 atom stereocenters. The highest BCUT2D eigenvalue weighted by Crippen LogP contribution is 2.29. The van der Waals surface area contributed by atoms with Gasteiger partial charge in [0.05, 0.1) is 0 Å². The molecule has 2 aromatic carbocycles. The maximum atomic E-state index is 12.2. The second-order valence-corrected chi connectivity index (χ2v) is 5.95. The van der Waals surface area contributed by atoms with E-state index in [2.05, 4.69) is 10.6 Å². The van der Waals surface area contributed by atoms with Crippen molar-refractivity contribution in [3.05, 3.63) is 59.7 Å². The summed E-state index contributed by atoms with van der Waals surface area (Å²) in [4.78, 5) is 45.8. The van der Waals surface area contributed by atoms with Crippen molar-refractivity contribution in [2.24, 2.45) is 0 Å². The number of aliphatic carboxylic acids is 2. The third-order valence-electron chi connectivity index (χ3n) is 3.81. The summed E-state index contributed by atoms with van der Waals surface area (Å²) in [7, 11) is 0. The molecule has 0 aliphatic carbocycles. The van der Waals surface area contributed by atoms with Crippen LogP contribution in [-0.4, -0.2) is 34.0 Å². The number of fused-ring (bicyclic) bond motifs is 1. The van der Waals surface area contributed by atoms with Crippen molar-refractivity contribution in [2.45, 2.75) is 13.8 Å². The van der Waals surface area contributed by atoms with E-state index < -0.39 is 23.8 Å². The number of anilines is 2. The lowest BCUT2D eigenvalue weighted by Gasteiger charge is -2.13. The third kappa shape index (κ3) is 5.04. The average molecular weight is 382 g/mol. The molecule has 0 aliphatic heterocycles. The van der Waals surface area contributed by atoms with Crippen LogP contribution in [0.2, 0.25) is 0 Å². The molecule has 4 N–H and O–H groups in total. The fraction of sp³-hybridized carbons (Fsp3) is 0.100. The topological polar surface area (TPSA) is 133 Å². The number of nitrogens with one attached hydrogen (secondary N) is 2. The molecular weight excluding hydrogens is 364 g/mol. The van der Waals surface area contributed by atoms with Gasteiger partial charge in [-0.05, 0) is 26.0 Å². The number of hydrogen-bond acceptors (Lipinski definition) is 4. The first-order chi connectivity index (χ1) is 13.2. The number of carboxylic acid groups (broad SMARTS) is 2. The minimum absolute atomic E-state index is 0.0309. The number of amides is 2. The molecule has 0 bridgehead atoms. The first-order valence-electron chi connectivity index (χ1n) is 8.16. The van der Waals surface area contributed by atoms with Crippen LogP contribution >= 0.6 is 0 Å². The Balaban J connectivity index is 2.37. The Morgan fingerprint density at radius 1 is 0.714 bits per heavy atom. The molecule has 8 nitrogen and oxygen atoms in total. The first-order valence-corrected chi connectivity index (χ1v) is 8.16. The van der Waals surface area contributed by atoms with E-state index in [4.69, 9.17) is 10.2 Å². The van der Waals surface area contributed by atoms with Crippen molar-refractivity contribution in [3.8, 4) is 0 Å². The molecule has 2 amide bonds. The summed E-state index contributed by atoms with van der Waals surface area (Å²) in [6.07, 6.45) is 1.62. The summed E-state index contributed by atoms with van der Waals surface area (Å²) in [6, 6.07) is 10.1. The maximum Gasteiger partial charge on any atom is 0.328 e.